The third kappa shape index (κ3) is 12.7. The van der Waals surface area contributed by atoms with Crippen LogP contribution < -0.4 is 9.05 Å². The molecule has 0 aromatic heterocycles. The van der Waals surface area contributed by atoms with E-state index in [-0.39, 0.29) is 46.5 Å². The van der Waals surface area contributed by atoms with E-state index in [1.807, 2.05) is 24.3 Å². The molecule has 0 bridgehead atoms. The van der Waals surface area contributed by atoms with Gasteiger partial charge in [-0.2, -0.15) is 0 Å². The van der Waals surface area contributed by atoms with Gasteiger partial charge in [0.15, 0.2) is 0 Å². The standard InChI is InChI=1S/2C14H23O3P.2ClH/c2*1-13(2,3)10-7-8-12(17-18(15)16)11(9-10)14(4,5)6;;/h2*7-9,15-16H,1-6H3;2*1H. The van der Waals surface area contributed by atoms with E-state index in [0.717, 1.165) is 11.1 Å². The zero-order chi connectivity index (χ0) is 28.3. The number of halogens is 2. The van der Waals surface area contributed by atoms with Crippen molar-refractivity contribution in [3.05, 3.63) is 58.7 Å². The molecule has 0 aliphatic rings. The van der Waals surface area contributed by atoms with E-state index in [2.05, 4.69) is 95.2 Å². The maximum atomic E-state index is 9.02. The highest BCUT2D eigenvalue weighted by Gasteiger charge is 2.25. The van der Waals surface area contributed by atoms with Crippen LogP contribution in [-0.2, 0) is 21.7 Å². The Balaban J connectivity index is 0. The minimum absolute atomic E-state index is 0. The highest BCUT2D eigenvalue weighted by molar-refractivity contribution is 7.40. The molecule has 0 unspecified atom stereocenters. The monoisotopic (exact) mass is 612 g/mol. The highest BCUT2D eigenvalue weighted by Crippen LogP contribution is 2.41. The average Bonchev–Trinajstić information content (AvgIpc) is 2.64. The smallest absolute Gasteiger partial charge is 0.391 e. The van der Waals surface area contributed by atoms with Gasteiger partial charge in [-0.25, -0.2) is 0 Å². The van der Waals surface area contributed by atoms with Crippen LogP contribution in [0.2, 0.25) is 0 Å². The summed E-state index contributed by atoms with van der Waals surface area (Å²) in [6, 6.07) is 11.8. The topological polar surface area (TPSA) is 99.4 Å². The summed E-state index contributed by atoms with van der Waals surface area (Å²) in [5, 5.41) is 0. The Morgan fingerprint density at radius 1 is 0.474 bits per heavy atom. The molecule has 6 nitrogen and oxygen atoms in total. The molecule has 10 heteroatoms. The van der Waals surface area contributed by atoms with E-state index in [0.29, 0.717) is 11.5 Å². The molecule has 0 fully saturated rings. The summed E-state index contributed by atoms with van der Waals surface area (Å²) < 4.78 is 10.2. The summed E-state index contributed by atoms with van der Waals surface area (Å²) in [6.45, 7) is 25.4. The Morgan fingerprint density at radius 2 is 0.737 bits per heavy atom. The van der Waals surface area contributed by atoms with Gasteiger partial charge in [-0.15, -0.1) is 24.8 Å². The predicted octanol–water partition coefficient (Wildman–Crippen LogP) is 8.59. The predicted molar refractivity (Wildman–Crippen MR) is 166 cm³/mol. The van der Waals surface area contributed by atoms with Crippen molar-refractivity contribution in [2.75, 3.05) is 0 Å². The van der Waals surface area contributed by atoms with Crippen molar-refractivity contribution in [3.8, 4) is 11.5 Å². The van der Waals surface area contributed by atoms with Crippen molar-refractivity contribution in [3.63, 3.8) is 0 Å². The number of benzene rings is 2. The van der Waals surface area contributed by atoms with Gasteiger partial charge in [-0.1, -0.05) is 107 Å². The maximum absolute atomic E-state index is 9.02. The molecule has 4 N–H and O–H groups in total. The summed E-state index contributed by atoms with van der Waals surface area (Å²) in [4.78, 5) is 36.1. The summed E-state index contributed by atoms with van der Waals surface area (Å²) in [7, 11) is -4.76. The van der Waals surface area contributed by atoms with Crippen LogP contribution in [-0.4, -0.2) is 19.6 Å². The van der Waals surface area contributed by atoms with Gasteiger partial charge in [0.2, 0.25) is 0 Å². The summed E-state index contributed by atoms with van der Waals surface area (Å²) in [5.41, 5.74) is 4.30. The van der Waals surface area contributed by atoms with Gasteiger partial charge in [-0.05, 0) is 44.9 Å². The normalized spacial score (nSPS) is 12.3. The van der Waals surface area contributed by atoms with E-state index in [9.17, 15) is 0 Å². The van der Waals surface area contributed by atoms with Gasteiger partial charge in [0.25, 0.3) is 0 Å². The minimum Gasteiger partial charge on any atom is -0.427 e. The molecule has 0 aliphatic heterocycles. The van der Waals surface area contributed by atoms with Crippen molar-refractivity contribution < 1.29 is 28.6 Å². The molecule has 0 saturated carbocycles. The molecule has 0 radical (unpaired) electrons. The first-order valence-electron chi connectivity index (χ1n) is 12.0. The van der Waals surface area contributed by atoms with E-state index < -0.39 is 17.2 Å². The van der Waals surface area contributed by atoms with Crippen LogP contribution in [0.25, 0.3) is 0 Å². The Hall–Kier alpha value is -0.680. The van der Waals surface area contributed by atoms with Crippen LogP contribution >= 0.6 is 42.0 Å². The Kier molecular flexibility index (Phi) is 15.4. The minimum atomic E-state index is -2.38. The zero-order valence-electron chi connectivity index (χ0n) is 24.8. The fourth-order valence-electron chi connectivity index (χ4n) is 3.50. The first kappa shape index (κ1) is 39.5. The Bertz CT molecular complexity index is 921. The van der Waals surface area contributed by atoms with Gasteiger partial charge in [0.1, 0.15) is 11.5 Å². The molecule has 0 atom stereocenters. The van der Waals surface area contributed by atoms with Crippen LogP contribution in [0.5, 0.6) is 11.5 Å². The van der Waals surface area contributed by atoms with Crippen molar-refractivity contribution >= 4 is 42.0 Å². The second kappa shape index (κ2) is 14.8. The zero-order valence-corrected chi connectivity index (χ0v) is 28.2. The second-order valence-corrected chi connectivity index (χ2v) is 14.5. The third-order valence-electron chi connectivity index (χ3n) is 5.67. The molecule has 38 heavy (non-hydrogen) atoms. The molecule has 0 amide bonds. The molecule has 220 valence electrons. The highest BCUT2D eigenvalue weighted by atomic mass is 35.5. The molecule has 0 aliphatic carbocycles. The molecule has 0 heterocycles. The first-order chi connectivity index (χ1) is 16.0. The van der Waals surface area contributed by atoms with Crippen molar-refractivity contribution in [2.24, 2.45) is 0 Å². The molecular formula is C28H48Cl2O6P2. The SMILES string of the molecule is CC(C)(C)c1ccc(OP(O)O)c(C(C)(C)C)c1.CC(C)(C)c1ccc(OP(O)O)c(C(C)(C)C)c1.Cl.Cl. The maximum Gasteiger partial charge on any atom is 0.391 e. The average molecular weight is 614 g/mol. The molecule has 2 rings (SSSR count). The van der Waals surface area contributed by atoms with E-state index >= 15 is 0 Å². The largest absolute Gasteiger partial charge is 0.427 e. The summed E-state index contributed by atoms with van der Waals surface area (Å²) in [5.74, 6) is 1.10. The molecule has 0 spiro atoms. The third-order valence-corrected chi connectivity index (χ3v) is 6.39. The Labute approximate surface area is 245 Å². The fraction of sp³-hybridized carbons (Fsp3) is 0.571. The van der Waals surface area contributed by atoms with Crippen LogP contribution in [0, 0.1) is 0 Å². The van der Waals surface area contributed by atoms with Crippen molar-refractivity contribution in [2.45, 2.75) is 105 Å². The van der Waals surface area contributed by atoms with Crippen LogP contribution in [0.3, 0.4) is 0 Å². The van der Waals surface area contributed by atoms with Gasteiger partial charge in [0, 0.05) is 11.1 Å². The lowest BCUT2D eigenvalue weighted by atomic mass is 9.80. The van der Waals surface area contributed by atoms with Crippen LogP contribution in [0.1, 0.15) is 105 Å². The number of hydrogen-bond acceptors (Lipinski definition) is 6. The summed E-state index contributed by atoms with van der Waals surface area (Å²) >= 11 is 0. The summed E-state index contributed by atoms with van der Waals surface area (Å²) in [6.07, 6.45) is 0. The van der Waals surface area contributed by atoms with Gasteiger partial charge in [-0.3, -0.25) is 0 Å². The Morgan fingerprint density at radius 3 is 0.921 bits per heavy atom. The van der Waals surface area contributed by atoms with Crippen LogP contribution in [0.15, 0.2) is 36.4 Å². The van der Waals surface area contributed by atoms with Gasteiger partial charge in [0.05, 0.1) is 0 Å². The lowest BCUT2D eigenvalue weighted by Crippen LogP contribution is -2.17. The molecule has 0 saturated heterocycles. The van der Waals surface area contributed by atoms with Crippen LogP contribution in [0.4, 0.5) is 0 Å². The fourth-order valence-corrected chi connectivity index (χ4v) is 4.17. The number of rotatable bonds is 4. The quantitative estimate of drug-likeness (QED) is 0.258. The molecular weight excluding hydrogens is 565 g/mol. The lowest BCUT2D eigenvalue weighted by Gasteiger charge is -2.27. The van der Waals surface area contributed by atoms with E-state index in [1.165, 1.54) is 11.1 Å². The van der Waals surface area contributed by atoms with Crippen molar-refractivity contribution in [1.82, 2.24) is 0 Å². The van der Waals surface area contributed by atoms with E-state index in [1.54, 1.807) is 0 Å². The lowest BCUT2D eigenvalue weighted by molar-refractivity contribution is 0.367. The van der Waals surface area contributed by atoms with Gasteiger partial charge < -0.3 is 28.6 Å². The molecule has 2 aromatic carbocycles. The first-order valence-corrected chi connectivity index (χ1v) is 14.4. The molecule has 2 aromatic rings. The van der Waals surface area contributed by atoms with E-state index in [4.69, 9.17) is 28.6 Å². The number of hydrogen-bond donors (Lipinski definition) is 4. The second-order valence-electron chi connectivity index (χ2n) is 13.1. The van der Waals surface area contributed by atoms with Gasteiger partial charge >= 0.3 is 17.2 Å². The van der Waals surface area contributed by atoms with Crippen molar-refractivity contribution in [1.29, 1.82) is 0 Å².